The second-order valence-corrected chi connectivity index (χ2v) is 8.07. The first kappa shape index (κ1) is 19.5. The van der Waals surface area contributed by atoms with E-state index in [1.54, 1.807) is 18.2 Å². The summed E-state index contributed by atoms with van der Waals surface area (Å²) < 4.78 is 16.5. The second-order valence-electron chi connectivity index (χ2n) is 8.07. The zero-order valence-electron chi connectivity index (χ0n) is 17.5. The first-order valence-corrected chi connectivity index (χ1v) is 10.6. The number of para-hydroxylation sites is 1. The molecule has 5 rings (SSSR count). The first-order valence-electron chi connectivity index (χ1n) is 10.6. The van der Waals surface area contributed by atoms with E-state index < -0.39 is 0 Å². The molecular weight excluding hydrogens is 394 g/mol. The molecule has 0 atom stereocenters. The molecule has 0 saturated carbocycles. The topological polar surface area (TPSA) is 72.9 Å². The third-order valence-electron chi connectivity index (χ3n) is 5.79. The number of rotatable bonds is 5. The van der Waals surface area contributed by atoms with E-state index in [0.29, 0.717) is 22.9 Å². The smallest absolute Gasteiger partial charge is 0.262 e. The minimum absolute atomic E-state index is 0.110. The summed E-state index contributed by atoms with van der Waals surface area (Å²) >= 11 is 0. The summed E-state index contributed by atoms with van der Waals surface area (Å²) in [7, 11) is 0. The Labute approximate surface area is 180 Å². The molecule has 2 aliphatic heterocycles. The monoisotopic (exact) mass is 419 g/mol. The molecule has 1 fully saturated rings. The van der Waals surface area contributed by atoms with Crippen molar-refractivity contribution in [3.8, 4) is 17.2 Å². The van der Waals surface area contributed by atoms with E-state index in [2.05, 4.69) is 29.3 Å². The molecule has 160 valence electrons. The lowest BCUT2D eigenvalue weighted by atomic mass is 9.99. The average Bonchev–Trinajstić information content (AvgIpc) is 3.26. The molecule has 3 heterocycles. The fourth-order valence-electron chi connectivity index (χ4n) is 3.95. The van der Waals surface area contributed by atoms with Crippen LogP contribution in [-0.2, 0) is 4.79 Å². The van der Waals surface area contributed by atoms with E-state index >= 15 is 0 Å². The highest BCUT2D eigenvalue weighted by atomic mass is 16.7. The van der Waals surface area contributed by atoms with Gasteiger partial charge < -0.3 is 24.4 Å². The van der Waals surface area contributed by atoms with Crippen LogP contribution >= 0.6 is 0 Å². The maximum atomic E-state index is 12.4. The molecule has 1 aromatic heterocycles. The van der Waals surface area contributed by atoms with Gasteiger partial charge in [0.2, 0.25) is 6.79 Å². The number of amides is 1. The van der Waals surface area contributed by atoms with Crippen LogP contribution in [0.15, 0.2) is 48.5 Å². The molecule has 0 spiro atoms. The van der Waals surface area contributed by atoms with Gasteiger partial charge in [-0.15, -0.1) is 0 Å². The van der Waals surface area contributed by atoms with Gasteiger partial charge in [-0.2, -0.15) is 0 Å². The molecule has 0 radical (unpaired) electrons. The van der Waals surface area contributed by atoms with Gasteiger partial charge in [0.15, 0.2) is 18.1 Å². The molecule has 1 amide bonds. The fraction of sp³-hybridized carbons (Fsp3) is 0.333. The minimum atomic E-state index is -0.253. The van der Waals surface area contributed by atoms with Crippen LogP contribution in [0.1, 0.15) is 19.8 Å². The highest BCUT2D eigenvalue weighted by molar-refractivity contribution is 5.93. The van der Waals surface area contributed by atoms with E-state index in [1.165, 1.54) is 12.8 Å². The van der Waals surface area contributed by atoms with Crippen molar-refractivity contribution in [1.82, 2.24) is 4.98 Å². The number of nitrogens with one attached hydrogen (secondary N) is 1. The van der Waals surface area contributed by atoms with E-state index in [-0.39, 0.29) is 19.3 Å². The number of piperidine rings is 1. The fourth-order valence-corrected chi connectivity index (χ4v) is 3.95. The van der Waals surface area contributed by atoms with Gasteiger partial charge in [0.05, 0.1) is 0 Å². The number of carbonyl (C=O) groups is 1. The van der Waals surface area contributed by atoms with Crippen LogP contribution in [0.3, 0.4) is 0 Å². The molecule has 1 N–H and O–H groups in total. The molecular formula is C24H25N3O4. The van der Waals surface area contributed by atoms with Crippen molar-refractivity contribution in [2.24, 2.45) is 5.92 Å². The van der Waals surface area contributed by atoms with Crippen LogP contribution in [0.5, 0.6) is 17.2 Å². The van der Waals surface area contributed by atoms with Gasteiger partial charge in [0.1, 0.15) is 17.1 Å². The summed E-state index contributed by atoms with van der Waals surface area (Å²) in [6.45, 7) is 4.41. The van der Waals surface area contributed by atoms with Crippen LogP contribution in [0.25, 0.3) is 10.9 Å². The lowest BCUT2D eigenvalue weighted by Crippen LogP contribution is -2.33. The van der Waals surface area contributed by atoms with Gasteiger partial charge in [-0.05, 0) is 49.1 Å². The molecule has 2 aromatic carbocycles. The quantitative estimate of drug-likeness (QED) is 0.668. The number of nitrogens with zero attached hydrogens (tertiary/aromatic N) is 2. The number of fused-ring (bicyclic) bond motifs is 2. The van der Waals surface area contributed by atoms with Crippen LogP contribution in [-0.4, -0.2) is 37.4 Å². The molecule has 2 aliphatic rings. The second kappa shape index (κ2) is 8.34. The van der Waals surface area contributed by atoms with Crippen molar-refractivity contribution in [2.75, 3.05) is 36.7 Å². The summed E-state index contributed by atoms with van der Waals surface area (Å²) in [5.41, 5.74) is 1.41. The number of anilines is 2. The molecule has 7 nitrogen and oxygen atoms in total. The third kappa shape index (κ3) is 4.21. The normalized spacial score (nSPS) is 15.8. The number of carbonyl (C=O) groups excluding carboxylic acids is 1. The van der Waals surface area contributed by atoms with Crippen LogP contribution in [0, 0.1) is 5.92 Å². The SMILES string of the molecule is CC1CCN(c2ccc3cccc(OCC(=O)Nc4ccc5c(c4)OCO5)c3n2)CC1. The number of benzene rings is 2. The Hall–Kier alpha value is -3.48. The maximum Gasteiger partial charge on any atom is 0.262 e. The lowest BCUT2D eigenvalue weighted by Gasteiger charge is -2.31. The number of ether oxygens (including phenoxy) is 3. The molecule has 0 unspecified atom stereocenters. The van der Waals surface area contributed by atoms with Gasteiger partial charge in [0, 0.05) is 30.2 Å². The predicted octanol–water partition coefficient (Wildman–Crippen LogP) is 4.22. The molecule has 31 heavy (non-hydrogen) atoms. The maximum absolute atomic E-state index is 12.4. The van der Waals surface area contributed by atoms with Gasteiger partial charge in [-0.1, -0.05) is 19.1 Å². The van der Waals surface area contributed by atoms with Crippen LogP contribution < -0.4 is 24.4 Å². The Morgan fingerprint density at radius 2 is 1.97 bits per heavy atom. The lowest BCUT2D eigenvalue weighted by molar-refractivity contribution is -0.118. The average molecular weight is 419 g/mol. The minimum Gasteiger partial charge on any atom is -0.481 e. The van der Waals surface area contributed by atoms with Crippen LogP contribution in [0.4, 0.5) is 11.5 Å². The summed E-state index contributed by atoms with van der Waals surface area (Å²) in [4.78, 5) is 19.6. The van der Waals surface area contributed by atoms with E-state index in [1.807, 2.05) is 18.2 Å². The zero-order valence-corrected chi connectivity index (χ0v) is 17.5. The summed E-state index contributed by atoms with van der Waals surface area (Å²) in [5, 5.41) is 3.82. The van der Waals surface area contributed by atoms with Crippen molar-refractivity contribution >= 4 is 28.3 Å². The third-order valence-corrected chi connectivity index (χ3v) is 5.79. The van der Waals surface area contributed by atoms with Crippen LogP contribution in [0.2, 0.25) is 0 Å². The number of pyridine rings is 1. The van der Waals surface area contributed by atoms with E-state index in [4.69, 9.17) is 19.2 Å². The predicted molar refractivity (Wildman–Crippen MR) is 119 cm³/mol. The highest BCUT2D eigenvalue weighted by Crippen LogP contribution is 2.34. The Kier molecular flexibility index (Phi) is 5.24. The van der Waals surface area contributed by atoms with Gasteiger partial charge in [-0.3, -0.25) is 4.79 Å². The zero-order chi connectivity index (χ0) is 21.2. The largest absolute Gasteiger partial charge is 0.481 e. The molecule has 3 aromatic rings. The van der Waals surface area contributed by atoms with Crippen molar-refractivity contribution in [3.63, 3.8) is 0 Å². The van der Waals surface area contributed by atoms with Gasteiger partial charge in [-0.25, -0.2) is 4.98 Å². The van der Waals surface area contributed by atoms with Gasteiger partial charge >= 0.3 is 0 Å². The molecule has 7 heteroatoms. The number of hydrogen-bond donors (Lipinski definition) is 1. The molecule has 0 aliphatic carbocycles. The van der Waals surface area contributed by atoms with Crippen molar-refractivity contribution in [3.05, 3.63) is 48.5 Å². The Balaban J connectivity index is 1.28. The summed E-state index contributed by atoms with van der Waals surface area (Å²) in [5.74, 6) is 3.37. The van der Waals surface area contributed by atoms with Crippen molar-refractivity contribution in [1.29, 1.82) is 0 Å². The standard InChI is InChI=1S/C24H25N3O4/c1-16-9-11-27(12-10-16)22-8-5-17-3-2-4-20(24(17)26-22)29-14-23(28)25-18-6-7-19-21(13-18)31-15-30-19/h2-8,13,16H,9-12,14-15H2,1H3,(H,25,28). The molecule has 1 saturated heterocycles. The van der Waals surface area contributed by atoms with E-state index in [0.717, 1.165) is 35.7 Å². The van der Waals surface area contributed by atoms with Crippen molar-refractivity contribution in [2.45, 2.75) is 19.8 Å². The van der Waals surface area contributed by atoms with Crippen molar-refractivity contribution < 1.29 is 19.0 Å². The summed E-state index contributed by atoms with van der Waals surface area (Å²) in [6.07, 6.45) is 2.36. The summed E-state index contributed by atoms with van der Waals surface area (Å²) in [6, 6.07) is 15.2. The Bertz CT molecular complexity index is 1110. The molecule has 0 bridgehead atoms. The van der Waals surface area contributed by atoms with E-state index in [9.17, 15) is 4.79 Å². The first-order chi connectivity index (χ1) is 15.2. The highest BCUT2D eigenvalue weighted by Gasteiger charge is 2.18. The van der Waals surface area contributed by atoms with Gasteiger partial charge in [0.25, 0.3) is 5.91 Å². The Morgan fingerprint density at radius 3 is 2.84 bits per heavy atom. The number of aromatic nitrogens is 1. The number of hydrogen-bond acceptors (Lipinski definition) is 6. The Morgan fingerprint density at radius 1 is 1.13 bits per heavy atom.